The summed E-state index contributed by atoms with van der Waals surface area (Å²) >= 11 is 0. The second-order valence-corrected chi connectivity index (χ2v) is 5.83. The van der Waals surface area contributed by atoms with Crippen LogP contribution in [0.2, 0.25) is 0 Å². The van der Waals surface area contributed by atoms with Crippen LogP contribution in [0.1, 0.15) is 12.0 Å². The average Bonchev–Trinajstić information content (AvgIpc) is 2.39. The van der Waals surface area contributed by atoms with Crippen molar-refractivity contribution < 1.29 is 4.79 Å². The van der Waals surface area contributed by atoms with Crippen molar-refractivity contribution in [3.05, 3.63) is 35.9 Å². The van der Waals surface area contributed by atoms with Crippen molar-refractivity contribution in [2.75, 3.05) is 40.3 Å². The van der Waals surface area contributed by atoms with Crippen LogP contribution in [0.3, 0.4) is 0 Å². The largest absolute Gasteiger partial charge is 0.337 e. The van der Waals surface area contributed by atoms with Crippen LogP contribution in [-0.2, 0) is 11.3 Å². The first-order chi connectivity index (χ1) is 9.65. The molecule has 1 aliphatic rings. The van der Waals surface area contributed by atoms with Crippen LogP contribution in [0.4, 0.5) is 0 Å². The van der Waals surface area contributed by atoms with Crippen molar-refractivity contribution in [3.63, 3.8) is 0 Å². The quantitative estimate of drug-likeness (QED) is 0.812. The number of carbonyl (C=O) groups excluding carboxylic acids is 1. The monoisotopic (exact) mass is 275 g/mol. The molecule has 0 unspecified atom stereocenters. The van der Waals surface area contributed by atoms with E-state index >= 15 is 0 Å². The van der Waals surface area contributed by atoms with E-state index < -0.39 is 0 Å². The number of nitrogens with one attached hydrogen (secondary N) is 1. The highest BCUT2D eigenvalue weighted by Crippen LogP contribution is 2.13. The number of hydrogen-bond acceptors (Lipinski definition) is 3. The lowest BCUT2D eigenvalue weighted by Crippen LogP contribution is -2.46. The van der Waals surface area contributed by atoms with E-state index in [-0.39, 0.29) is 5.91 Å². The van der Waals surface area contributed by atoms with E-state index in [0.29, 0.717) is 18.9 Å². The molecule has 0 aliphatic carbocycles. The Kier molecular flexibility index (Phi) is 5.56. The van der Waals surface area contributed by atoms with Crippen molar-refractivity contribution in [3.8, 4) is 0 Å². The second-order valence-electron chi connectivity index (χ2n) is 5.83. The van der Waals surface area contributed by atoms with Crippen LogP contribution < -0.4 is 5.32 Å². The highest BCUT2D eigenvalue weighted by Gasteiger charge is 2.23. The molecule has 20 heavy (non-hydrogen) atoms. The topological polar surface area (TPSA) is 35.6 Å². The molecule has 0 spiro atoms. The Morgan fingerprint density at radius 1 is 1.20 bits per heavy atom. The number of carbonyl (C=O) groups is 1. The number of nitrogens with zero attached hydrogens (tertiary/aromatic N) is 2. The molecule has 1 amide bonds. The zero-order valence-electron chi connectivity index (χ0n) is 12.5. The summed E-state index contributed by atoms with van der Waals surface area (Å²) in [6.45, 7) is 4.38. The third-order valence-electron chi connectivity index (χ3n) is 3.72. The normalized spacial score (nSPS) is 15.2. The maximum absolute atomic E-state index is 12.4. The Morgan fingerprint density at radius 2 is 1.90 bits per heavy atom. The van der Waals surface area contributed by atoms with E-state index in [1.807, 2.05) is 37.2 Å². The van der Waals surface area contributed by atoms with E-state index in [9.17, 15) is 4.79 Å². The summed E-state index contributed by atoms with van der Waals surface area (Å²) in [5.74, 6) is 0.808. The summed E-state index contributed by atoms with van der Waals surface area (Å²) in [6.07, 6.45) is 0.674. The molecule has 2 rings (SSSR count). The maximum atomic E-state index is 12.4. The lowest BCUT2D eigenvalue weighted by Gasteiger charge is -2.30. The fourth-order valence-corrected chi connectivity index (χ4v) is 2.29. The number of amides is 1. The van der Waals surface area contributed by atoms with E-state index in [1.165, 1.54) is 5.56 Å². The summed E-state index contributed by atoms with van der Waals surface area (Å²) in [5, 5.41) is 3.23. The molecule has 1 fully saturated rings. The van der Waals surface area contributed by atoms with Crippen molar-refractivity contribution in [1.82, 2.24) is 15.1 Å². The predicted molar refractivity (Wildman–Crippen MR) is 81.4 cm³/mol. The zero-order chi connectivity index (χ0) is 14.4. The Bertz CT molecular complexity index is 415. The van der Waals surface area contributed by atoms with Gasteiger partial charge in [0.2, 0.25) is 5.91 Å². The second kappa shape index (κ2) is 7.41. The maximum Gasteiger partial charge on any atom is 0.223 e. The van der Waals surface area contributed by atoms with Crippen LogP contribution in [0.15, 0.2) is 30.3 Å². The van der Waals surface area contributed by atoms with Crippen LogP contribution in [0.25, 0.3) is 0 Å². The summed E-state index contributed by atoms with van der Waals surface area (Å²) < 4.78 is 0. The van der Waals surface area contributed by atoms with E-state index in [4.69, 9.17) is 0 Å². The smallest absolute Gasteiger partial charge is 0.223 e. The van der Waals surface area contributed by atoms with Crippen molar-refractivity contribution in [1.29, 1.82) is 0 Å². The molecular weight excluding hydrogens is 250 g/mol. The molecule has 1 saturated heterocycles. The van der Waals surface area contributed by atoms with Gasteiger partial charge in [0.05, 0.1) is 0 Å². The van der Waals surface area contributed by atoms with Crippen molar-refractivity contribution in [2.24, 2.45) is 5.92 Å². The van der Waals surface area contributed by atoms with Gasteiger partial charge in [0.15, 0.2) is 0 Å². The fraction of sp³-hybridized carbons (Fsp3) is 0.562. The standard InChI is InChI=1S/C16H25N3O/c1-18(2)8-9-19(13-14-6-4-3-5-7-14)16(20)10-15-11-17-12-15/h3-7,15,17H,8-13H2,1-2H3. The minimum Gasteiger partial charge on any atom is -0.337 e. The van der Waals surface area contributed by atoms with Gasteiger partial charge in [-0.25, -0.2) is 0 Å². The molecule has 1 aromatic carbocycles. The van der Waals surface area contributed by atoms with Gasteiger partial charge < -0.3 is 15.1 Å². The zero-order valence-corrected chi connectivity index (χ0v) is 12.5. The van der Waals surface area contributed by atoms with Crippen molar-refractivity contribution in [2.45, 2.75) is 13.0 Å². The first-order valence-corrected chi connectivity index (χ1v) is 7.32. The van der Waals surface area contributed by atoms with Gasteiger partial charge in [0, 0.05) is 26.1 Å². The highest BCUT2D eigenvalue weighted by molar-refractivity contribution is 5.76. The van der Waals surface area contributed by atoms with Gasteiger partial charge in [0.25, 0.3) is 0 Å². The number of likely N-dealkylation sites (N-methyl/N-ethyl adjacent to an activating group) is 1. The molecule has 0 aromatic heterocycles. The molecule has 4 heteroatoms. The minimum atomic E-state index is 0.280. The molecule has 0 atom stereocenters. The van der Waals surface area contributed by atoms with Crippen LogP contribution in [0.5, 0.6) is 0 Å². The average molecular weight is 275 g/mol. The Balaban J connectivity index is 1.93. The van der Waals surface area contributed by atoms with Crippen molar-refractivity contribution >= 4 is 5.91 Å². The molecule has 4 nitrogen and oxygen atoms in total. The van der Waals surface area contributed by atoms with Gasteiger partial charge in [-0.1, -0.05) is 30.3 Å². The van der Waals surface area contributed by atoms with Gasteiger partial charge in [-0.15, -0.1) is 0 Å². The molecule has 0 radical (unpaired) electrons. The van der Waals surface area contributed by atoms with Gasteiger partial charge in [-0.05, 0) is 38.7 Å². The van der Waals surface area contributed by atoms with E-state index in [2.05, 4.69) is 22.3 Å². The Labute approximate surface area is 121 Å². The molecular formula is C16H25N3O. The van der Waals surface area contributed by atoms with E-state index in [1.54, 1.807) is 0 Å². The number of benzene rings is 1. The van der Waals surface area contributed by atoms with Crippen LogP contribution in [-0.4, -0.2) is 56.0 Å². The van der Waals surface area contributed by atoms with Gasteiger partial charge in [-0.2, -0.15) is 0 Å². The summed E-state index contributed by atoms with van der Waals surface area (Å²) in [6, 6.07) is 10.2. The molecule has 0 saturated carbocycles. The molecule has 1 heterocycles. The summed E-state index contributed by atoms with van der Waals surface area (Å²) in [5.41, 5.74) is 1.20. The lowest BCUT2D eigenvalue weighted by molar-refractivity contribution is -0.133. The first kappa shape index (κ1) is 15.0. The Morgan fingerprint density at radius 3 is 2.45 bits per heavy atom. The van der Waals surface area contributed by atoms with E-state index in [0.717, 1.165) is 26.2 Å². The Hall–Kier alpha value is -1.39. The molecule has 1 aliphatic heterocycles. The minimum absolute atomic E-state index is 0.280. The SMILES string of the molecule is CN(C)CCN(Cc1ccccc1)C(=O)CC1CNC1. The number of rotatable bonds is 7. The van der Waals surface area contributed by atoms with Gasteiger partial charge in [-0.3, -0.25) is 4.79 Å². The third kappa shape index (κ3) is 4.62. The van der Waals surface area contributed by atoms with Gasteiger partial charge in [0.1, 0.15) is 0 Å². The molecule has 1 N–H and O–H groups in total. The third-order valence-corrected chi connectivity index (χ3v) is 3.72. The number of hydrogen-bond donors (Lipinski definition) is 1. The predicted octanol–water partition coefficient (Wildman–Crippen LogP) is 1.19. The first-order valence-electron chi connectivity index (χ1n) is 7.32. The molecule has 110 valence electrons. The summed E-state index contributed by atoms with van der Waals surface area (Å²) in [4.78, 5) is 16.6. The van der Waals surface area contributed by atoms with Crippen LogP contribution in [0, 0.1) is 5.92 Å². The molecule has 0 bridgehead atoms. The highest BCUT2D eigenvalue weighted by atomic mass is 16.2. The van der Waals surface area contributed by atoms with Gasteiger partial charge >= 0.3 is 0 Å². The summed E-state index contributed by atoms with van der Waals surface area (Å²) in [7, 11) is 4.09. The van der Waals surface area contributed by atoms with Crippen LogP contribution >= 0.6 is 0 Å². The molecule has 1 aromatic rings. The fourth-order valence-electron chi connectivity index (χ4n) is 2.29. The lowest BCUT2D eigenvalue weighted by atomic mass is 9.98.